The molecule has 1 saturated heterocycles. The van der Waals surface area contributed by atoms with E-state index in [4.69, 9.17) is 19.3 Å². The van der Waals surface area contributed by atoms with Crippen LogP contribution in [0.4, 0.5) is 5.82 Å². The topological polar surface area (TPSA) is 83.3 Å². The van der Waals surface area contributed by atoms with Gasteiger partial charge in [0.2, 0.25) is 0 Å². The average Bonchev–Trinajstić information content (AvgIpc) is 3.34. The molecule has 1 aliphatic rings. The number of rotatable bonds is 6. The van der Waals surface area contributed by atoms with E-state index >= 15 is 0 Å². The Bertz CT molecular complexity index is 950. The van der Waals surface area contributed by atoms with E-state index in [1.807, 2.05) is 29.8 Å². The average molecular weight is 369 g/mol. The van der Waals surface area contributed by atoms with E-state index in [0.717, 1.165) is 52.6 Å². The largest absolute Gasteiger partial charge is 0.497 e. The Morgan fingerprint density at radius 2 is 2.15 bits per heavy atom. The van der Waals surface area contributed by atoms with Crippen LogP contribution >= 0.6 is 0 Å². The van der Waals surface area contributed by atoms with Gasteiger partial charge in [-0.3, -0.25) is 0 Å². The number of hydrogen-bond acceptors (Lipinski definition) is 7. The highest BCUT2D eigenvalue weighted by molar-refractivity contribution is 5.89. The molecule has 0 spiro atoms. The lowest BCUT2D eigenvalue weighted by atomic mass is 10.2. The van der Waals surface area contributed by atoms with Crippen LogP contribution in [0.1, 0.15) is 23.7 Å². The summed E-state index contributed by atoms with van der Waals surface area (Å²) in [5.41, 5.74) is 2.75. The van der Waals surface area contributed by atoms with Crippen LogP contribution in [0, 0.1) is 6.92 Å². The van der Waals surface area contributed by atoms with E-state index in [0.29, 0.717) is 13.2 Å². The monoisotopic (exact) mass is 369 g/mol. The second kappa shape index (κ2) is 7.40. The van der Waals surface area contributed by atoms with Crippen molar-refractivity contribution in [2.75, 3.05) is 32.8 Å². The quantitative estimate of drug-likeness (QED) is 0.715. The van der Waals surface area contributed by atoms with E-state index in [1.165, 1.54) is 0 Å². The highest BCUT2D eigenvalue weighted by Gasteiger charge is 2.23. The molecule has 0 radical (unpaired) electrons. The number of benzene rings is 1. The lowest BCUT2D eigenvalue weighted by Gasteiger charge is -2.12. The molecular weight excluding hydrogens is 346 g/mol. The highest BCUT2D eigenvalue weighted by Crippen LogP contribution is 2.30. The lowest BCUT2D eigenvalue weighted by Crippen LogP contribution is -2.11. The van der Waals surface area contributed by atoms with Crippen molar-refractivity contribution >= 4 is 16.9 Å². The van der Waals surface area contributed by atoms with Crippen LogP contribution in [-0.2, 0) is 11.3 Å². The summed E-state index contributed by atoms with van der Waals surface area (Å²) in [4.78, 5) is 8.91. The summed E-state index contributed by atoms with van der Waals surface area (Å²) in [5, 5.41) is 9.04. The van der Waals surface area contributed by atoms with Gasteiger partial charge < -0.3 is 19.5 Å². The summed E-state index contributed by atoms with van der Waals surface area (Å²) in [6.45, 7) is 3.98. The minimum absolute atomic E-state index is 0.227. The maximum absolute atomic E-state index is 5.51. The Hall–Kier alpha value is -2.87. The Labute approximate surface area is 157 Å². The Morgan fingerprint density at radius 3 is 2.89 bits per heavy atom. The normalized spacial score (nSPS) is 16.6. The Morgan fingerprint density at radius 1 is 1.26 bits per heavy atom. The molecule has 1 N–H and O–H groups in total. The molecule has 1 fully saturated rings. The third-order valence-electron chi connectivity index (χ3n) is 4.86. The van der Waals surface area contributed by atoms with Crippen molar-refractivity contribution < 1.29 is 14.2 Å². The van der Waals surface area contributed by atoms with Crippen molar-refractivity contribution in [1.82, 2.24) is 19.7 Å². The number of hydrogen-bond donors (Lipinski definition) is 1. The predicted octanol–water partition coefficient (Wildman–Crippen LogP) is 2.73. The second-order valence-electron chi connectivity index (χ2n) is 6.50. The van der Waals surface area contributed by atoms with Crippen LogP contribution in [0.25, 0.3) is 11.0 Å². The first-order valence-electron chi connectivity index (χ1n) is 8.93. The third-order valence-corrected chi connectivity index (χ3v) is 4.86. The molecule has 2 aromatic heterocycles. The lowest BCUT2D eigenvalue weighted by molar-refractivity contribution is 0.185. The highest BCUT2D eigenvalue weighted by atomic mass is 16.5. The minimum atomic E-state index is 0.227. The molecule has 27 heavy (non-hydrogen) atoms. The van der Waals surface area contributed by atoms with Crippen molar-refractivity contribution in [3.8, 4) is 11.5 Å². The first-order valence-corrected chi connectivity index (χ1v) is 8.93. The van der Waals surface area contributed by atoms with E-state index in [1.54, 1.807) is 20.5 Å². The standard InChI is InChI=1S/C19H23N5O3/c1-12-17-18(20-9-13-4-5-15(25-2)8-16(13)26-3)21-11-22-19(17)24(23-12)14-6-7-27-10-14/h4-5,8,11,14H,6-7,9-10H2,1-3H3,(H,20,21,22). The zero-order valence-electron chi connectivity index (χ0n) is 15.7. The van der Waals surface area contributed by atoms with Gasteiger partial charge in [-0.1, -0.05) is 0 Å². The Balaban J connectivity index is 1.63. The van der Waals surface area contributed by atoms with Gasteiger partial charge in [0.15, 0.2) is 5.65 Å². The molecule has 3 heterocycles. The summed E-state index contributed by atoms with van der Waals surface area (Å²) >= 11 is 0. The molecule has 0 saturated carbocycles. The van der Waals surface area contributed by atoms with Gasteiger partial charge in [-0.15, -0.1) is 0 Å². The van der Waals surface area contributed by atoms with Gasteiger partial charge in [-0.05, 0) is 25.5 Å². The molecule has 4 rings (SSSR count). The van der Waals surface area contributed by atoms with Gasteiger partial charge in [-0.25, -0.2) is 14.6 Å². The molecule has 8 heteroatoms. The fourth-order valence-corrected chi connectivity index (χ4v) is 3.42. The smallest absolute Gasteiger partial charge is 0.163 e. The third kappa shape index (κ3) is 3.28. The molecule has 1 aromatic carbocycles. The number of aryl methyl sites for hydroxylation is 1. The molecule has 8 nitrogen and oxygen atoms in total. The zero-order valence-corrected chi connectivity index (χ0v) is 15.7. The summed E-state index contributed by atoms with van der Waals surface area (Å²) in [5.74, 6) is 2.29. The summed E-state index contributed by atoms with van der Waals surface area (Å²) in [6, 6.07) is 5.99. The molecule has 142 valence electrons. The molecule has 0 aliphatic carbocycles. The number of ether oxygens (including phenoxy) is 3. The summed E-state index contributed by atoms with van der Waals surface area (Å²) in [6.07, 6.45) is 2.52. The maximum atomic E-state index is 5.51. The fourth-order valence-electron chi connectivity index (χ4n) is 3.42. The minimum Gasteiger partial charge on any atom is -0.497 e. The van der Waals surface area contributed by atoms with Gasteiger partial charge >= 0.3 is 0 Å². The van der Waals surface area contributed by atoms with Crippen molar-refractivity contribution in [1.29, 1.82) is 0 Å². The van der Waals surface area contributed by atoms with Crippen molar-refractivity contribution in [2.24, 2.45) is 0 Å². The molecular formula is C19H23N5O3. The predicted molar refractivity (Wildman–Crippen MR) is 101 cm³/mol. The van der Waals surface area contributed by atoms with E-state index in [9.17, 15) is 0 Å². The Kier molecular flexibility index (Phi) is 4.81. The van der Waals surface area contributed by atoms with Crippen LogP contribution in [0.2, 0.25) is 0 Å². The van der Waals surface area contributed by atoms with Gasteiger partial charge in [0.25, 0.3) is 0 Å². The number of fused-ring (bicyclic) bond motifs is 1. The van der Waals surface area contributed by atoms with Crippen LogP contribution in [0.15, 0.2) is 24.5 Å². The van der Waals surface area contributed by atoms with Crippen molar-refractivity contribution in [3.63, 3.8) is 0 Å². The van der Waals surface area contributed by atoms with Crippen LogP contribution in [0.5, 0.6) is 11.5 Å². The first-order chi connectivity index (χ1) is 13.2. The van der Waals surface area contributed by atoms with E-state index in [2.05, 4.69) is 15.3 Å². The summed E-state index contributed by atoms with van der Waals surface area (Å²) in [7, 11) is 3.29. The molecule has 0 bridgehead atoms. The number of aromatic nitrogens is 4. The molecule has 3 aromatic rings. The second-order valence-corrected chi connectivity index (χ2v) is 6.50. The number of nitrogens with zero attached hydrogens (tertiary/aromatic N) is 4. The van der Waals surface area contributed by atoms with E-state index in [-0.39, 0.29) is 6.04 Å². The zero-order chi connectivity index (χ0) is 18.8. The number of methoxy groups -OCH3 is 2. The fraction of sp³-hybridized carbons (Fsp3) is 0.421. The van der Waals surface area contributed by atoms with Gasteiger partial charge in [0, 0.05) is 24.8 Å². The van der Waals surface area contributed by atoms with Gasteiger partial charge in [0.05, 0.1) is 37.9 Å². The molecule has 1 aliphatic heterocycles. The van der Waals surface area contributed by atoms with Gasteiger partial charge in [-0.2, -0.15) is 5.10 Å². The molecule has 1 unspecified atom stereocenters. The van der Waals surface area contributed by atoms with Crippen LogP contribution in [-0.4, -0.2) is 47.2 Å². The van der Waals surface area contributed by atoms with Crippen LogP contribution in [0.3, 0.4) is 0 Å². The number of anilines is 1. The first kappa shape index (κ1) is 17.5. The summed E-state index contributed by atoms with van der Waals surface area (Å²) < 4.78 is 18.2. The SMILES string of the molecule is COc1ccc(CNc2ncnc3c2c(C)nn3C2CCOC2)c(OC)c1. The van der Waals surface area contributed by atoms with Crippen molar-refractivity contribution in [2.45, 2.75) is 25.9 Å². The number of nitrogens with one attached hydrogen (secondary N) is 1. The van der Waals surface area contributed by atoms with Crippen molar-refractivity contribution in [3.05, 3.63) is 35.8 Å². The van der Waals surface area contributed by atoms with Gasteiger partial charge in [0.1, 0.15) is 23.6 Å². The maximum Gasteiger partial charge on any atom is 0.163 e. The van der Waals surface area contributed by atoms with E-state index < -0.39 is 0 Å². The molecule has 0 amide bonds. The van der Waals surface area contributed by atoms with Crippen LogP contribution < -0.4 is 14.8 Å². The molecule has 1 atom stereocenters.